The van der Waals surface area contributed by atoms with Crippen molar-refractivity contribution in [2.75, 3.05) is 14.2 Å². The highest BCUT2D eigenvalue weighted by molar-refractivity contribution is 8.05. The van der Waals surface area contributed by atoms with Crippen molar-refractivity contribution < 1.29 is 19.0 Å². The molecule has 2 atom stereocenters. The molecule has 1 fully saturated rings. The van der Waals surface area contributed by atoms with E-state index in [2.05, 4.69) is 23.5 Å². The Balaban J connectivity index is 1.39. The zero-order valence-electron chi connectivity index (χ0n) is 19.2. The minimum atomic E-state index is -1.17. The van der Waals surface area contributed by atoms with Gasteiger partial charge in [0.05, 0.1) is 30.9 Å². The molecule has 3 heterocycles. The van der Waals surface area contributed by atoms with E-state index < -0.39 is 5.18 Å². The van der Waals surface area contributed by atoms with Crippen LogP contribution in [0.5, 0.6) is 17.2 Å². The van der Waals surface area contributed by atoms with Gasteiger partial charge in [-0.3, -0.25) is 10.1 Å². The van der Waals surface area contributed by atoms with Crippen LogP contribution in [0, 0.1) is 0 Å². The number of nitrogens with one attached hydrogen (secondary N) is 1. The SMILES string of the molecule is COc1ccc(/C=C2\S[C@@]3(NC2=O)Oc2ccccc2[C@H]2CC(c4ccccc4)=NN23)cc1OC. The van der Waals surface area contributed by atoms with Crippen molar-refractivity contribution >= 4 is 29.5 Å². The van der Waals surface area contributed by atoms with Crippen LogP contribution in [0.25, 0.3) is 6.08 Å². The molecular formula is C27H23N3O4S. The number of thioether (sulfide) groups is 1. The van der Waals surface area contributed by atoms with Gasteiger partial charge in [0.15, 0.2) is 11.5 Å². The van der Waals surface area contributed by atoms with Gasteiger partial charge < -0.3 is 14.2 Å². The van der Waals surface area contributed by atoms with Crippen LogP contribution in [0.1, 0.15) is 29.2 Å². The molecule has 176 valence electrons. The van der Waals surface area contributed by atoms with Gasteiger partial charge in [-0.15, -0.1) is 0 Å². The topological polar surface area (TPSA) is 72.4 Å². The lowest BCUT2D eigenvalue weighted by molar-refractivity contribution is -0.127. The second kappa shape index (κ2) is 8.39. The molecule has 0 saturated carbocycles. The number of methoxy groups -OCH3 is 2. The fourth-order valence-electron chi connectivity index (χ4n) is 4.64. The van der Waals surface area contributed by atoms with E-state index in [4.69, 9.17) is 19.3 Å². The second-order valence-electron chi connectivity index (χ2n) is 8.38. The molecule has 3 aliphatic rings. The number of amides is 1. The van der Waals surface area contributed by atoms with Crippen molar-refractivity contribution in [2.24, 2.45) is 5.10 Å². The molecule has 3 aromatic rings. The van der Waals surface area contributed by atoms with Crippen LogP contribution in [0.15, 0.2) is 82.8 Å². The van der Waals surface area contributed by atoms with Gasteiger partial charge in [0, 0.05) is 12.0 Å². The molecule has 0 radical (unpaired) electrons. The molecule has 3 aliphatic heterocycles. The Bertz CT molecular complexity index is 1370. The Morgan fingerprint density at radius 1 is 1.06 bits per heavy atom. The summed E-state index contributed by atoms with van der Waals surface area (Å²) < 4.78 is 17.2. The highest BCUT2D eigenvalue weighted by atomic mass is 32.2. The van der Waals surface area contributed by atoms with Crippen LogP contribution < -0.4 is 19.5 Å². The smallest absolute Gasteiger partial charge is 0.336 e. The summed E-state index contributed by atoms with van der Waals surface area (Å²) in [5, 5.41) is 8.76. The average molecular weight is 486 g/mol. The summed E-state index contributed by atoms with van der Waals surface area (Å²) in [6.45, 7) is 0. The third-order valence-electron chi connectivity index (χ3n) is 6.29. The van der Waals surface area contributed by atoms with E-state index in [0.29, 0.717) is 16.4 Å². The number of rotatable bonds is 4. The summed E-state index contributed by atoms with van der Waals surface area (Å²) in [4.78, 5) is 13.7. The third kappa shape index (κ3) is 3.61. The molecule has 1 amide bonds. The summed E-state index contributed by atoms with van der Waals surface area (Å²) in [6.07, 6.45) is 2.55. The van der Waals surface area contributed by atoms with Crippen LogP contribution in [0.4, 0.5) is 0 Å². The monoisotopic (exact) mass is 485 g/mol. The summed E-state index contributed by atoms with van der Waals surface area (Å²) >= 11 is 1.32. The van der Waals surface area contributed by atoms with Gasteiger partial charge in [-0.2, -0.15) is 5.10 Å². The van der Waals surface area contributed by atoms with E-state index in [1.807, 2.05) is 65.7 Å². The van der Waals surface area contributed by atoms with Gasteiger partial charge in [-0.1, -0.05) is 54.6 Å². The normalized spacial score (nSPS) is 23.4. The molecule has 0 aromatic heterocycles. The number of benzene rings is 3. The number of hydrogen-bond donors (Lipinski definition) is 1. The number of hydrogen-bond acceptors (Lipinski definition) is 7. The van der Waals surface area contributed by atoms with E-state index in [-0.39, 0.29) is 11.9 Å². The van der Waals surface area contributed by atoms with Gasteiger partial charge in [0.2, 0.25) is 0 Å². The van der Waals surface area contributed by atoms with Crippen molar-refractivity contribution in [1.82, 2.24) is 10.3 Å². The molecule has 7 nitrogen and oxygen atoms in total. The summed E-state index contributed by atoms with van der Waals surface area (Å²) in [5.41, 5.74) is 3.90. The molecule has 1 N–H and O–H groups in total. The highest BCUT2D eigenvalue weighted by Gasteiger charge is 2.57. The predicted octanol–water partition coefficient (Wildman–Crippen LogP) is 4.76. The maximum atomic E-state index is 13.2. The molecular weight excluding hydrogens is 462 g/mol. The third-order valence-corrected chi connectivity index (χ3v) is 7.47. The summed E-state index contributed by atoms with van der Waals surface area (Å²) in [7, 11) is 3.18. The minimum Gasteiger partial charge on any atom is -0.493 e. The Hall–Kier alpha value is -3.91. The Kier molecular flexibility index (Phi) is 5.18. The van der Waals surface area contributed by atoms with E-state index in [0.717, 1.165) is 34.6 Å². The highest BCUT2D eigenvalue weighted by Crippen LogP contribution is 2.53. The predicted molar refractivity (Wildman–Crippen MR) is 135 cm³/mol. The quantitative estimate of drug-likeness (QED) is 0.537. The van der Waals surface area contributed by atoms with Crippen LogP contribution in [0.2, 0.25) is 0 Å². The lowest BCUT2D eigenvalue weighted by atomic mass is 9.97. The Labute approximate surface area is 207 Å². The number of carbonyl (C=O) groups is 1. The molecule has 0 bridgehead atoms. The molecule has 8 heteroatoms. The van der Waals surface area contributed by atoms with E-state index >= 15 is 0 Å². The fourth-order valence-corrected chi connectivity index (χ4v) is 5.81. The first-order valence-corrected chi connectivity index (χ1v) is 12.1. The number of hydrazone groups is 1. The number of nitrogens with zero attached hydrogens (tertiary/aromatic N) is 2. The van der Waals surface area contributed by atoms with Gasteiger partial charge in [-0.25, -0.2) is 5.01 Å². The second-order valence-corrected chi connectivity index (χ2v) is 9.58. The van der Waals surface area contributed by atoms with Gasteiger partial charge in [-0.05, 0) is 47.2 Å². The number of ether oxygens (including phenoxy) is 3. The van der Waals surface area contributed by atoms with Crippen molar-refractivity contribution in [3.05, 3.63) is 94.4 Å². The van der Waals surface area contributed by atoms with Gasteiger partial charge in [0.25, 0.3) is 5.91 Å². The van der Waals surface area contributed by atoms with Crippen LogP contribution in [-0.2, 0) is 4.79 Å². The fraction of sp³-hybridized carbons (Fsp3) is 0.185. The molecule has 1 saturated heterocycles. The molecule has 0 unspecified atom stereocenters. The van der Waals surface area contributed by atoms with Crippen molar-refractivity contribution in [1.29, 1.82) is 0 Å². The van der Waals surface area contributed by atoms with Crippen molar-refractivity contribution in [3.63, 3.8) is 0 Å². The van der Waals surface area contributed by atoms with E-state index in [9.17, 15) is 4.79 Å². The first kappa shape index (κ1) is 21.6. The van der Waals surface area contributed by atoms with Gasteiger partial charge >= 0.3 is 5.18 Å². The van der Waals surface area contributed by atoms with Crippen LogP contribution in [0.3, 0.4) is 0 Å². The largest absolute Gasteiger partial charge is 0.493 e. The molecule has 6 rings (SSSR count). The molecule has 1 spiro atoms. The zero-order chi connectivity index (χ0) is 24.0. The zero-order valence-corrected chi connectivity index (χ0v) is 20.0. The first-order valence-electron chi connectivity index (χ1n) is 11.3. The maximum Gasteiger partial charge on any atom is 0.336 e. The van der Waals surface area contributed by atoms with Crippen LogP contribution in [-0.4, -0.2) is 36.0 Å². The summed E-state index contributed by atoms with van der Waals surface area (Å²) in [5.74, 6) is 1.76. The number of fused-ring (bicyclic) bond motifs is 4. The van der Waals surface area contributed by atoms with E-state index in [1.54, 1.807) is 14.2 Å². The molecule has 0 aliphatic carbocycles. The lowest BCUT2D eigenvalue weighted by Crippen LogP contribution is -2.58. The van der Waals surface area contributed by atoms with E-state index in [1.165, 1.54) is 11.8 Å². The Morgan fingerprint density at radius 2 is 1.83 bits per heavy atom. The Morgan fingerprint density at radius 3 is 2.63 bits per heavy atom. The van der Waals surface area contributed by atoms with Crippen molar-refractivity contribution in [3.8, 4) is 17.2 Å². The number of para-hydroxylation sites is 1. The van der Waals surface area contributed by atoms with Crippen molar-refractivity contribution in [2.45, 2.75) is 17.6 Å². The molecule has 3 aromatic carbocycles. The van der Waals surface area contributed by atoms with Gasteiger partial charge in [0.1, 0.15) is 5.75 Å². The summed E-state index contributed by atoms with van der Waals surface area (Å²) in [6, 6.07) is 23.5. The first-order chi connectivity index (χ1) is 17.1. The average Bonchev–Trinajstić information content (AvgIpc) is 3.47. The standard InChI is InChI=1S/C27H23N3O4S/c1-32-23-13-12-17(14-24(23)33-2)15-25-26(31)28-27(35-25)30-21(19-10-6-7-11-22(19)34-27)16-20(29-30)18-8-4-3-5-9-18/h3-15,21H,16H2,1-2H3,(H,28,31)/b25-15-/t21-,27-/m1/s1. The minimum absolute atomic E-state index is 0.0524. The number of carbonyl (C=O) groups excluding carboxylic acids is 1. The van der Waals surface area contributed by atoms with Crippen LogP contribution >= 0.6 is 11.8 Å². The molecule has 35 heavy (non-hydrogen) atoms. The lowest BCUT2D eigenvalue weighted by Gasteiger charge is -2.43. The maximum absolute atomic E-state index is 13.2.